The monoisotopic (exact) mass is 214 g/mol. The normalized spacial score (nSPS) is 27.1. The molecule has 2 amide bonds. The number of likely N-dealkylation sites (N-methyl/N-ethyl adjacent to an activating group) is 2. The van der Waals surface area contributed by atoms with Gasteiger partial charge in [0, 0.05) is 14.1 Å². The van der Waals surface area contributed by atoms with Crippen LogP contribution < -0.4 is 0 Å². The first kappa shape index (κ1) is 11.9. The van der Waals surface area contributed by atoms with Gasteiger partial charge in [-0.2, -0.15) is 10.2 Å². The van der Waals surface area contributed by atoms with Crippen LogP contribution in [0.1, 0.15) is 19.8 Å². The van der Waals surface area contributed by atoms with Gasteiger partial charge in [0.2, 0.25) is 0 Å². The molecule has 0 radical (unpaired) electrons. The fourth-order valence-electron chi connectivity index (χ4n) is 1.38. The van der Waals surface area contributed by atoms with Crippen molar-refractivity contribution >= 4 is 6.03 Å². The number of amides is 2. The van der Waals surface area contributed by atoms with Gasteiger partial charge in [-0.15, -0.1) is 0 Å². The molecular formula is C9H18N4O2. The molecule has 0 aromatic heterocycles. The summed E-state index contributed by atoms with van der Waals surface area (Å²) in [5.41, 5.74) is 0. The van der Waals surface area contributed by atoms with Crippen LogP contribution in [0.15, 0.2) is 10.2 Å². The number of unbranched alkanes of at least 4 members (excludes halogenated alkanes) is 1. The van der Waals surface area contributed by atoms with Gasteiger partial charge in [-0.3, -0.25) is 9.80 Å². The zero-order chi connectivity index (χ0) is 11.4. The largest absolute Gasteiger partial charge is 0.369 e. The van der Waals surface area contributed by atoms with Gasteiger partial charge in [0.1, 0.15) is 0 Å². The third-order valence-corrected chi connectivity index (χ3v) is 2.48. The smallest absolute Gasteiger partial charge is 0.323 e. The number of carbonyl (C=O) groups is 1. The van der Waals surface area contributed by atoms with Gasteiger partial charge in [-0.1, -0.05) is 13.3 Å². The van der Waals surface area contributed by atoms with E-state index >= 15 is 0 Å². The number of nitrogens with zero attached hydrogens (tertiary/aromatic N) is 4. The van der Waals surface area contributed by atoms with Crippen LogP contribution >= 0.6 is 0 Å². The molecular weight excluding hydrogens is 196 g/mol. The van der Waals surface area contributed by atoms with Crippen LogP contribution in [0.5, 0.6) is 0 Å². The number of carbonyl (C=O) groups excluding carboxylic acids is 1. The number of aliphatic hydroxyl groups is 1. The SMILES string of the molecule is CCCCN=NC1C(O)N(C)C(=O)N1C. The molecule has 1 N–H and O–H groups in total. The standard InChI is InChI=1S/C9H18N4O2/c1-4-5-6-10-11-7-8(14)13(3)9(15)12(7)2/h7-8,14H,4-6H2,1-3H3. The summed E-state index contributed by atoms with van der Waals surface area (Å²) in [5, 5.41) is 17.6. The first-order valence-electron chi connectivity index (χ1n) is 5.14. The van der Waals surface area contributed by atoms with Crippen LogP contribution in [0.2, 0.25) is 0 Å². The van der Waals surface area contributed by atoms with E-state index in [0.29, 0.717) is 6.54 Å². The summed E-state index contributed by atoms with van der Waals surface area (Å²) in [6, 6.07) is -0.234. The predicted octanol–water partition coefficient (Wildman–Crippen LogP) is 0.880. The second-order valence-electron chi connectivity index (χ2n) is 3.67. The number of azo groups is 1. The molecule has 1 aliphatic rings. The molecule has 0 aromatic rings. The lowest BCUT2D eigenvalue weighted by atomic mass is 10.3. The van der Waals surface area contributed by atoms with Crippen LogP contribution in [-0.2, 0) is 0 Å². The number of hydrogen-bond acceptors (Lipinski definition) is 4. The Labute approximate surface area is 89.6 Å². The van der Waals surface area contributed by atoms with Gasteiger partial charge < -0.3 is 5.11 Å². The molecule has 6 nitrogen and oxygen atoms in total. The van der Waals surface area contributed by atoms with Crippen LogP contribution in [0.4, 0.5) is 4.79 Å². The highest BCUT2D eigenvalue weighted by atomic mass is 16.3. The second-order valence-corrected chi connectivity index (χ2v) is 3.67. The lowest BCUT2D eigenvalue weighted by Crippen LogP contribution is -2.32. The Hall–Kier alpha value is -1.17. The van der Waals surface area contributed by atoms with E-state index in [1.165, 1.54) is 9.80 Å². The van der Waals surface area contributed by atoms with Gasteiger partial charge in [0.15, 0.2) is 12.4 Å². The molecule has 1 heterocycles. The molecule has 1 fully saturated rings. The average molecular weight is 214 g/mol. The molecule has 0 aromatic carbocycles. The minimum absolute atomic E-state index is 0.234. The van der Waals surface area contributed by atoms with Crippen LogP contribution in [-0.4, -0.2) is 54.0 Å². The highest BCUT2D eigenvalue weighted by Gasteiger charge is 2.40. The third-order valence-electron chi connectivity index (χ3n) is 2.48. The average Bonchev–Trinajstić information content (AvgIpc) is 2.41. The third kappa shape index (κ3) is 2.44. The molecule has 0 aliphatic carbocycles. The van der Waals surface area contributed by atoms with Gasteiger partial charge in [-0.05, 0) is 6.42 Å². The maximum Gasteiger partial charge on any atom is 0.323 e. The van der Waals surface area contributed by atoms with E-state index in [0.717, 1.165) is 12.8 Å². The van der Waals surface area contributed by atoms with Gasteiger partial charge in [0.05, 0.1) is 6.54 Å². The first-order valence-corrected chi connectivity index (χ1v) is 5.14. The Morgan fingerprint density at radius 2 is 2.07 bits per heavy atom. The summed E-state index contributed by atoms with van der Waals surface area (Å²) in [7, 11) is 3.16. The number of urea groups is 1. The Morgan fingerprint density at radius 1 is 1.40 bits per heavy atom. The predicted molar refractivity (Wildman–Crippen MR) is 55.3 cm³/mol. The van der Waals surface area contributed by atoms with E-state index in [4.69, 9.17) is 0 Å². The summed E-state index contributed by atoms with van der Waals surface area (Å²) in [6.45, 7) is 2.72. The summed E-state index contributed by atoms with van der Waals surface area (Å²) >= 11 is 0. The van der Waals surface area contributed by atoms with E-state index in [-0.39, 0.29) is 6.03 Å². The zero-order valence-electron chi connectivity index (χ0n) is 9.42. The summed E-state index contributed by atoms with van der Waals surface area (Å²) in [6.07, 6.45) is 0.563. The van der Waals surface area contributed by atoms with Gasteiger partial charge in [-0.25, -0.2) is 4.79 Å². The first-order chi connectivity index (χ1) is 7.09. The Morgan fingerprint density at radius 3 is 2.53 bits per heavy atom. The number of aliphatic hydroxyl groups excluding tert-OH is 1. The van der Waals surface area contributed by atoms with Crippen molar-refractivity contribution in [3.63, 3.8) is 0 Å². The second kappa shape index (κ2) is 5.06. The van der Waals surface area contributed by atoms with Crippen molar-refractivity contribution in [1.82, 2.24) is 9.80 Å². The van der Waals surface area contributed by atoms with Crippen molar-refractivity contribution in [2.45, 2.75) is 32.2 Å². The molecule has 2 unspecified atom stereocenters. The lowest BCUT2D eigenvalue weighted by molar-refractivity contribution is 0.0478. The van der Waals surface area contributed by atoms with Crippen LogP contribution in [0, 0.1) is 0 Å². The summed E-state index contributed by atoms with van der Waals surface area (Å²) in [5.74, 6) is 0. The van der Waals surface area contributed by atoms with Crippen molar-refractivity contribution in [3.8, 4) is 0 Å². The fourth-order valence-corrected chi connectivity index (χ4v) is 1.38. The number of hydrogen-bond donors (Lipinski definition) is 1. The maximum atomic E-state index is 11.4. The highest BCUT2D eigenvalue weighted by Crippen LogP contribution is 2.18. The molecule has 1 rings (SSSR count). The van der Waals surface area contributed by atoms with Crippen molar-refractivity contribution in [3.05, 3.63) is 0 Å². The summed E-state index contributed by atoms with van der Waals surface area (Å²) < 4.78 is 0. The van der Waals surface area contributed by atoms with E-state index in [1.54, 1.807) is 14.1 Å². The fraction of sp³-hybridized carbons (Fsp3) is 0.889. The highest BCUT2D eigenvalue weighted by molar-refractivity contribution is 5.76. The van der Waals surface area contributed by atoms with Crippen molar-refractivity contribution in [1.29, 1.82) is 0 Å². The molecule has 6 heteroatoms. The minimum atomic E-state index is -0.895. The maximum absolute atomic E-state index is 11.4. The summed E-state index contributed by atoms with van der Waals surface area (Å²) in [4.78, 5) is 14.0. The molecule has 0 spiro atoms. The van der Waals surface area contributed by atoms with Gasteiger partial charge in [0.25, 0.3) is 0 Å². The minimum Gasteiger partial charge on any atom is -0.369 e. The quantitative estimate of drug-likeness (QED) is 0.557. The van der Waals surface area contributed by atoms with Crippen molar-refractivity contribution in [2.75, 3.05) is 20.6 Å². The Kier molecular flexibility index (Phi) is 4.02. The molecule has 15 heavy (non-hydrogen) atoms. The molecule has 1 saturated heterocycles. The zero-order valence-corrected chi connectivity index (χ0v) is 9.42. The molecule has 2 atom stereocenters. The molecule has 1 aliphatic heterocycles. The van der Waals surface area contributed by atoms with E-state index in [1.807, 2.05) is 0 Å². The van der Waals surface area contributed by atoms with E-state index in [9.17, 15) is 9.90 Å². The molecule has 0 bridgehead atoms. The molecule has 0 saturated carbocycles. The van der Waals surface area contributed by atoms with E-state index in [2.05, 4.69) is 17.2 Å². The topological polar surface area (TPSA) is 68.5 Å². The molecule has 86 valence electrons. The van der Waals surface area contributed by atoms with Crippen LogP contribution in [0.25, 0.3) is 0 Å². The Balaban J connectivity index is 2.54. The van der Waals surface area contributed by atoms with E-state index < -0.39 is 12.4 Å². The number of rotatable bonds is 4. The van der Waals surface area contributed by atoms with Crippen molar-refractivity contribution in [2.24, 2.45) is 10.2 Å². The van der Waals surface area contributed by atoms with Crippen LogP contribution in [0.3, 0.4) is 0 Å². The van der Waals surface area contributed by atoms with Gasteiger partial charge >= 0.3 is 6.03 Å². The lowest BCUT2D eigenvalue weighted by Gasteiger charge is -2.14. The van der Waals surface area contributed by atoms with Crippen molar-refractivity contribution < 1.29 is 9.90 Å². The Bertz CT molecular complexity index is 256.